The lowest BCUT2D eigenvalue weighted by atomic mass is 9.90. The predicted octanol–water partition coefficient (Wildman–Crippen LogP) is 15.8. The second kappa shape index (κ2) is 15.5. The van der Waals surface area contributed by atoms with Gasteiger partial charge in [0.15, 0.2) is 0 Å². The smallest absolute Gasteiger partial charge is 0.0105 e. The molecule has 10 aromatic rings. The lowest BCUT2D eigenvalue weighted by molar-refractivity contribution is 1.16. The van der Waals surface area contributed by atoms with Gasteiger partial charge in [-0.15, -0.1) is 0 Å². The third-order valence-corrected chi connectivity index (χ3v) is 11.3. The van der Waals surface area contributed by atoms with Crippen molar-refractivity contribution in [2.24, 2.45) is 0 Å². The van der Waals surface area contributed by atoms with Gasteiger partial charge in [-0.3, -0.25) is 0 Å². The quantitative estimate of drug-likeness (QED) is 0.161. The van der Waals surface area contributed by atoms with Crippen molar-refractivity contribution in [1.29, 1.82) is 0 Å². The summed E-state index contributed by atoms with van der Waals surface area (Å²) in [4.78, 5) is 0. The molecule has 0 nitrogen and oxygen atoms in total. The summed E-state index contributed by atoms with van der Waals surface area (Å²) in [6.45, 7) is 4.49. The molecule has 0 bridgehead atoms. The highest BCUT2D eigenvalue weighted by Gasteiger charge is 2.11. The summed E-state index contributed by atoms with van der Waals surface area (Å²) in [5.74, 6) is 0. The van der Waals surface area contributed by atoms with E-state index in [2.05, 4.69) is 220 Å². The van der Waals surface area contributed by atoms with Crippen molar-refractivity contribution in [2.45, 2.75) is 26.7 Å². The van der Waals surface area contributed by atoms with Crippen LogP contribution in [0.1, 0.15) is 25.0 Å². The molecule has 0 unspecified atom stereocenters. The molecule has 0 N–H and O–H groups in total. The van der Waals surface area contributed by atoms with E-state index in [-0.39, 0.29) is 0 Å². The third kappa shape index (κ3) is 6.87. The maximum atomic E-state index is 2.39. The second-order valence-electron chi connectivity index (χ2n) is 14.6. The van der Waals surface area contributed by atoms with Crippen LogP contribution in [0.25, 0.3) is 87.6 Å². The maximum Gasteiger partial charge on any atom is -0.0105 e. The molecule has 0 aliphatic rings. The fraction of sp³-hybridized carbons (Fsp3) is 0.0714. The van der Waals surface area contributed by atoms with E-state index < -0.39 is 0 Å². The number of aryl methyl sites for hydroxylation is 2. The number of rotatable bonds is 6. The Morgan fingerprint density at radius 3 is 1.25 bits per heavy atom. The summed E-state index contributed by atoms with van der Waals surface area (Å²) in [7, 11) is 0. The fourth-order valence-corrected chi connectivity index (χ4v) is 8.34. The van der Waals surface area contributed by atoms with Crippen molar-refractivity contribution in [3.05, 3.63) is 217 Å². The number of fused-ring (bicyclic) bond motifs is 4. The normalized spacial score (nSPS) is 11.2. The Hall–Kier alpha value is -6.76. The molecule has 0 heterocycles. The molecule has 0 spiro atoms. The van der Waals surface area contributed by atoms with Crippen LogP contribution < -0.4 is 0 Å². The van der Waals surface area contributed by atoms with E-state index in [1.165, 1.54) is 98.7 Å². The lowest BCUT2D eigenvalue weighted by Gasteiger charge is -2.14. The zero-order valence-electron chi connectivity index (χ0n) is 32.0. The van der Waals surface area contributed by atoms with Gasteiger partial charge in [0.1, 0.15) is 0 Å². The van der Waals surface area contributed by atoms with Crippen LogP contribution in [0.2, 0.25) is 0 Å². The molecule has 0 radical (unpaired) electrons. The summed E-state index contributed by atoms with van der Waals surface area (Å²) >= 11 is 0. The SMILES string of the molecule is CCc1cc(-c2cccc3ccccc23)cc2ccc(-c3cccc4ccccc34)cc12.CCc1cc(-c2ccccc2)cc2ccc(-c3ccccc3)cc12. The van der Waals surface area contributed by atoms with E-state index in [9.17, 15) is 0 Å². The predicted molar refractivity (Wildman–Crippen MR) is 243 cm³/mol. The average Bonchev–Trinajstić information content (AvgIpc) is 3.28. The molecular formula is C56H44. The molecule has 0 amide bonds. The molecule has 10 aromatic carbocycles. The first-order valence-electron chi connectivity index (χ1n) is 19.9. The minimum absolute atomic E-state index is 1.01. The molecule has 0 fully saturated rings. The second-order valence-corrected chi connectivity index (χ2v) is 14.6. The summed E-state index contributed by atoms with van der Waals surface area (Å²) in [6.07, 6.45) is 2.05. The molecule has 0 heteroatoms. The van der Waals surface area contributed by atoms with Crippen molar-refractivity contribution in [3.63, 3.8) is 0 Å². The molecular weight excluding hydrogens is 673 g/mol. The average molecular weight is 717 g/mol. The van der Waals surface area contributed by atoms with E-state index in [1.54, 1.807) is 0 Å². The minimum atomic E-state index is 1.01. The molecule has 0 aromatic heterocycles. The Morgan fingerprint density at radius 1 is 0.250 bits per heavy atom. The van der Waals surface area contributed by atoms with Crippen molar-refractivity contribution in [1.82, 2.24) is 0 Å². The van der Waals surface area contributed by atoms with Gasteiger partial charge in [-0.05, 0) is 136 Å². The van der Waals surface area contributed by atoms with Crippen LogP contribution in [0.3, 0.4) is 0 Å². The van der Waals surface area contributed by atoms with Crippen LogP contribution in [0.5, 0.6) is 0 Å². The summed E-state index contributed by atoms with van der Waals surface area (Å²) in [6, 6.07) is 74.8. The molecule has 56 heavy (non-hydrogen) atoms. The lowest BCUT2D eigenvalue weighted by Crippen LogP contribution is -1.90. The number of hydrogen-bond donors (Lipinski definition) is 0. The van der Waals surface area contributed by atoms with Gasteiger partial charge in [-0.25, -0.2) is 0 Å². The Morgan fingerprint density at radius 2 is 0.679 bits per heavy atom. The van der Waals surface area contributed by atoms with Crippen LogP contribution in [-0.2, 0) is 12.8 Å². The van der Waals surface area contributed by atoms with Crippen molar-refractivity contribution >= 4 is 43.1 Å². The molecule has 0 atom stereocenters. The van der Waals surface area contributed by atoms with Crippen LogP contribution in [0.4, 0.5) is 0 Å². The summed E-state index contributed by atoms with van der Waals surface area (Å²) in [5.41, 5.74) is 13.1. The largest absolute Gasteiger partial charge is 0.0622 e. The van der Waals surface area contributed by atoms with Crippen LogP contribution >= 0.6 is 0 Å². The monoisotopic (exact) mass is 716 g/mol. The summed E-state index contributed by atoms with van der Waals surface area (Å²) < 4.78 is 0. The topological polar surface area (TPSA) is 0 Å². The van der Waals surface area contributed by atoms with Gasteiger partial charge in [0.2, 0.25) is 0 Å². The van der Waals surface area contributed by atoms with E-state index in [0.29, 0.717) is 0 Å². The molecule has 0 saturated heterocycles. The zero-order valence-corrected chi connectivity index (χ0v) is 32.0. The van der Waals surface area contributed by atoms with Crippen LogP contribution in [-0.4, -0.2) is 0 Å². The first kappa shape index (κ1) is 35.0. The highest BCUT2D eigenvalue weighted by Crippen LogP contribution is 2.37. The van der Waals surface area contributed by atoms with Gasteiger partial charge in [0.25, 0.3) is 0 Å². The van der Waals surface area contributed by atoms with E-state index in [0.717, 1.165) is 12.8 Å². The van der Waals surface area contributed by atoms with Crippen molar-refractivity contribution < 1.29 is 0 Å². The molecule has 0 saturated carbocycles. The van der Waals surface area contributed by atoms with Crippen molar-refractivity contribution in [2.75, 3.05) is 0 Å². The van der Waals surface area contributed by atoms with E-state index in [1.807, 2.05) is 0 Å². The number of benzene rings is 10. The molecule has 268 valence electrons. The first-order valence-corrected chi connectivity index (χ1v) is 19.9. The standard InChI is InChI=1S/C32H24.C24H20/c1-2-22-19-27(31-16-8-12-24-10-4-6-14-29(24)31)20-25-17-18-26(21-32(22)25)30-15-7-11-23-9-3-5-13-28(23)30;1-2-18-15-23(20-11-7-4-8-12-20)16-22-14-13-21(17-24(18)22)19-9-5-3-6-10-19/h3-21H,2H2,1H3;3-17H,2H2,1H3. The van der Waals surface area contributed by atoms with Crippen LogP contribution in [0, 0.1) is 0 Å². The molecule has 0 aliphatic carbocycles. The van der Waals surface area contributed by atoms with Crippen molar-refractivity contribution in [3.8, 4) is 44.5 Å². The third-order valence-electron chi connectivity index (χ3n) is 11.3. The molecule has 0 aliphatic heterocycles. The Bertz CT molecular complexity index is 2960. The van der Waals surface area contributed by atoms with Gasteiger partial charge in [-0.2, -0.15) is 0 Å². The number of hydrogen-bond acceptors (Lipinski definition) is 0. The Labute approximate surface area is 330 Å². The van der Waals surface area contributed by atoms with Gasteiger partial charge >= 0.3 is 0 Å². The van der Waals surface area contributed by atoms with Gasteiger partial charge in [0.05, 0.1) is 0 Å². The van der Waals surface area contributed by atoms with Gasteiger partial charge in [0, 0.05) is 0 Å². The highest BCUT2D eigenvalue weighted by molar-refractivity contribution is 6.03. The summed E-state index contributed by atoms with van der Waals surface area (Å²) in [5, 5.41) is 10.5. The highest BCUT2D eigenvalue weighted by atomic mass is 14.2. The Kier molecular flexibility index (Phi) is 9.70. The Balaban J connectivity index is 0.000000153. The first-order chi connectivity index (χ1) is 27.7. The van der Waals surface area contributed by atoms with Crippen LogP contribution in [0.15, 0.2) is 206 Å². The fourth-order valence-electron chi connectivity index (χ4n) is 8.34. The van der Waals surface area contributed by atoms with Gasteiger partial charge < -0.3 is 0 Å². The van der Waals surface area contributed by atoms with E-state index in [4.69, 9.17) is 0 Å². The van der Waals surface area contributed by atoms with Gasteiger partial charge in [-0.1, -0.05) is 196 Å². The maximum absolute atomic E-state index is 2.39. The minimum Gasteiger partial charge on any atom is -0.0622 e. The van der Waals surface area contributed by atoms with E-state index >= 15 is 0 Å². The molecule has 10 rings (SSSR count). The zero-order chi connectivity index (χ0) is 37.8.